The van der Waals surface area contributed by atoms with Gasteiger partial charge in [-0.15, -0.1) is 0 Å². The van der Waals surface area contributed by atoms with Crippen molar-refractivity contribution >= 4 is 28.4 Å². The molecule has 1 aromatic heterocycles. The zero-order valence-corrected chi connectivity index (χ0v) is 19.4. The Hall–Kier alpha value is -2.66. The Balaban J connectivity index is 1.97. The van der Waals surface area contributed by atoms with E-state index in [9.17, 15) is 9.59 Å². The van der Waals surface area contributed by atoms with E-state index in [1.807, 2.05) is 49.1 Å². The van der Waals surface area contributed by atoms with Crippen LogP contribution in [0.2, 0.25) is 5.02 Å². The molecule has 0 spiro atoms. The molecule has 0 N–H and O–H groups in total. The maximum atomic E-state index is 13.3. The number of amides is 1. The molecule has 6 heteroatoms. The maximum Gasteiger partial charge on any atom is 0.261 e. The zero-order valence-electron chi connectivity index (χ0n) is 18.6. The summed E-state index contributed by atoms with van der Waals surface area (Å²) < 4.78 is 1.67. The molecule has 0 saturated heterocycles. The van der Waals surface area contributed by atoms with E-state index in [2.05, 4.69) is 13.8 Å². The van der Waals surface area contributed by atoms with Gasteiger partial charge in [0.15, 0.2) is 0 Å². The molecular formula is C25H30ClN3O2. The molecule has 0 aliphatic carbocycles. The highest BCUT2D eigenvalue weighted by Gasteiger charge is 2.26. The van der Waals surface area contributed by atoms with E-state index in [1.54, 1.807) is 22.8 Å². The number of carbonyl (C=O) groups is 1. The molecule has 0 fully saturated rings. The van der Waals surface area contributed by atoms with Crippen molar-refractivity contribution in [1.82, 2.24) is 14.5 Å². The molecule has 1 unspecified atom stereocenters. The van der Waals surface area contributed by atoms with Crippen LogP contribution < -0.4 is 5.56 Å². The summed E-state index contributed by atoms with van der Waals surface area (Å²) in [6.07, 6.45) is 1.10. The van der Waals surface area contributed by atoms with E-state index in [-0.39, 0.29) is 17.5 Å². The topological polar surface area (TPSA) is 55.2 Å². The number of carbonyl (C=O) groups excluding carboxylic acids is 1. The van der Waals surface area contributed by atoms with Crippen LogP contribution >= 0.6 is 11.6 Å². The summed E-state index contributed by atoms with van der Waals surface area (Å²) >= 11 is 6.14. The first-order valence-corrected chi connectivity index (χ1v) is 11.2. The number of aryl methyl sites for hydroxylation is 1. The second kappa shape index (κ2) is 10.1. The molecule has 1 heterocycles. The predicted molar refractivity (Wildman–Crippen MR) is 126 cm³/mol. The largest absolute Gasteiger partial charge is 0.333 e. The third kappa shape index (κ3) is 5.34. The van der Waals surface area contributed by atoms with Crippen LogP contribution in [0.5, 0.6) is 0 Å². The van der Waals surface area contributed by atoms with Crippen molar-refractivity contribution in [2.45, 2.75) is 53.1 Å². The number of nitrogens with zero attached hydrogens (tertiary/aromatic N) is 3. The molecule has 3 aromatic rings. The minimum Gasteiger partial charge on any atom is -0.333 e. The number of halogens is 1. The number of aromatic nitrogens is 2. The molecule has 0 bridgehead atoms. The summed E-state index contributed by atoms with van der Waals surface area (Å²) in [5, 5.41) is 1.07. The van der Waals surface area contributed by atoms with Gasteiger partial charge in [-0.2, -0.15) is 0 Å². The summed E-state index contributed by atoms with van der Waals surface area (Å²) in [6, 6.07) is 14.8. The van der Waals surface area contributed by atoms with E-state index in [4.69, 9.17) is 16.6 Å². The van der Waals surface area contributed by atoms with Gasteiger partial charge in [0, 0.05) is 24.5 Å². The monoisotopic (exact) mass is 439 g/mol. The lowest BCUT2D eigenvalue weighted by Crippen LogP contribution is -2.39. The molecule has 3 rings (SSSR count). The van der Waals surface area contributed by atoms with Crippen molar-refractivity contribution in [1.29, 1.82) is 0 Å². The van der Waals surface area contributed by atoms with Crippen molar-refractivity contribution in [2.75, 3.05) is 6.54 Å². The number of hydrogen-bond donors (Lipinski definition) is 0. The van der Waals surface area contributed by atoms with Crippen LogP contribution in [0.4, 0.5) is 0 Å². The molecule has 0 aliphatic heterocycles. The van der Waals surface area contributed by atoms with Crippen molar-refractivity contribution < 1.29 is 4.79 Å². The lowest BCUT2D eigenvalue weighted by Gasteiger charge is -2.32. The second-order valence-electron chi connectivity index (χ2n) is 8.28. The molecule has 0 aliphatic rings. The fraction of sp³-hybridized carbons (Fsp3) is 0.400. The average Bonchev–Trinajstić information content (AvgIpc) is 2.75. The first-order valence-electron chi connectivity index (χ1n) is 10.8. The van der Waals surface area contributed by atoms with E-state index in [0.717, 1.165) is 5.56 Å². The van der Waals surface area contributed by atoms with Gasteiger partial charge >= 0.3 is 0 Å². The standard InChI is InChI=1S/C25H30ClN3O2/c1-5-28-24(27-22-15-20(26)12-13-21(22)25(28)31)18(4)29(16-17(2)3)23(30)14-11-19-9-7-6-8-10-19/h6-10,12-13,15,17-18H,5,11,14,16H2,1-4H3. The molecule has 164 valence electrons. The van der Waals surface area contributed by atoms with E-state index >= 15 is 0 Å². The Bertz CT molecular complexity index is 1110. The summed E-state index contributed by atoms with van der Waals surface area (Å²) in [5.41, 5.74) is 1.59. The number of benzene rings is 2. The van der Waals surface area contributed by atoms with Crippen LogP contribution in [0.15, 0.2) is 53.3 Å². The second-order valence-corrected chi connectivity index (χ2v) is 8.72. The smallest absolute Gasteiger partial charge is 0.261 e. The first kappa shape index (κ1) is 23.0. The minimum atomic E-state index is -0.332. The Kier molecular flexibility index (Phi) is 7.50. The molecule has 0 radical (unpaired) electrons. The zero-order chi connectivity index (χ0) is 22.5. The molecule has 1 atom stereocenters. The molecule has 0 saturated carbocycles. The summed E-state index contributed by atoms with van der Waals surface area (Å²) in [4.78, 5) is 33.0. The van der Waals surface area contributed by atoms with Gasteiger partial charge in [-0.25, -0.2) is 4.98 Å². The van der Waals surface area contributed by atoms with Gasteiger partial charge in [-0.05, 0) is 49.9 Å². The first-order chi connectivity index (χ1) is 14.8. The normalized spacial score (nSPS) is 12.3. The molecule has 5 nitrogen and oxygen atoms in total. The van der Waals surface area contributed by atoms with Crippen molar-refractivity contribution in [2.24, 2.45) is 5.92 Å². The third-order valence-electron chi connectivity index (χ3n) is 5.46. The van der Waals surface area contributed by atoms with Crippen molar-refractivity contribution in [3.05, 3.63) is 75.3 Å². The van der Waals surface area contributed by atoms with Gasteiger partial charge in [-0.1, -0.05) is 55.8 Å². The lowest BCUT2D eigenvalue weighted by atomic mass is 10.1. The highest BCUT2D eigenvalue weighted by atomic mass is 35.5. The molecule has 2 aromatic carbocycles. The highest BCUT2D eigenvalue weighted by Crippen LogP contribution is 2.24. The highest BCUT2D eigenvalue weighted by molar-refractivity contribution is 6.31. The van der Waals surface area contributed by atoms with Gasteiger partial charge in [0.25, 0.3) is 5.56 Å². The van der Waals surface area contributed by atoms with E-state index in [1.165, 1.54) is 0 Å². The fourth-order valence-corrected chi connectivity index (χ4v) is 4.05. The summed E-state index contributed by atoms with van der Waals surface area (Å²) in [6.45, 7) is 9.13. The Morgan fingerprint density at radius 1 is 1.13 bits per heavy atom. The van der Waals surface area contributed by atoms with Crippen LogP contribution in [0.25, 0.3) is 10.9 Å². The van der Waals surface area contributed by atoms with Gasteiger partial charge in [0.05, 0.1) is 16.9 Å². The van der Waals surface area contributed by atoms with Crippen molar-refractivity contribution in [3.63, 3.8) is 0 Å². The molecule has 31 heavy (non-hydrogen) atoms. The number of rotatable bonds is 8. The van der Waals surface area contributed by atoms with Gasteiger partial charge in [0.2, 0.25) is 5.91 Å². The third-order valence-corrected chi connectivity index (χ3v) is 5.69. The number of fused-ring (bicyclic) bond motifs is 1. The minimum absolute atomic E-state index is 0.0631. The van der Waals surface area contributed by atoms with Crippen LogP contribution in [0.1, 0.15) is 51.5 Å². The Morgan fingerprint density at radius 3 is 2.48 bits per heavy atom. The summed E-state index contributed by atoms with van der Waals surface area (Å²) in [5.74, 6) is 0.948. The van der Waals surface area contributed by atoms with Gasteiger partial charge in [0.1, 0.15) is 5.82 Å². The predicted octanol–water partition coefficient (Wildman–Crippen LogP) is 5.25. The van der Waals surface area contributed by atoms with Crippen LogP contribution in [-0.4, -0.2) is 26.9 Å². The molecule has 1 amide bonds. The Morgan fingerprint density at radius 2 is 1.84 bits per heavy atom. The Labute approximate surface area is 188 Å². The number of hydrogen-bond acceptors (Lipinski definition) is 3. The van der Waals surface area contributed by atoms with E-state index in [0.29, 0.717) is 53.6 Å². The van der Waals surface area contributed by atoms with Gasteiger partial charge < -0.3 is 4.90 Å². The lowest BCUT2D eigenvalue weighted by molar-refractivity contribution is -0.134. The van der Waals surface area contributed by atoms with Crippen LogP contribution in [0.3, 0.4) is 0 Å². The van der Waals surface area contributed by atoms with E-state index < -0.39 is 0 Å². The molecular weight excluding hydrogens is 410 g/mol. The maximum absolute atomic E-state index is 13.3. The fourth-order valence-electron chi connectivity index (χ4n) is 3.88. The quantitative estimate of drug-likeness (QED) is 0.481. The average molecular weight is 440 g/mol. The summed E-state index contributed by atoms with van der Waals surface area (Å²) in [7, 11) is 0. The van der Waals surface area contributed by atoms with Gasteiger partial charge in [-0.3, -0.25) is 14.2 Å². The van der Waals surface area contributed by atoms with Crippen LogP contribution in [0, 0.1) is 5.92 Å². The SMILES string of the molecule is CCn1c(C(C)N(CC(C)C)C(=O)CCc2ccccc2)nc2cc(Cl)ccc2c1=O. The van der Waals surface area contributed by atoms with Crippen LogP contribution in [-0.2, 0) is 17.8 Å². The van der Waals surface area contributed by atoms with Crippen molar-refractivity contribution in [3.8, 4) is 0 Å².